The van der Waals surface area contributed by atoms with E-state index in [9.17, 15) is 32.5 Å². The highest BCUT2D eigenvalue weighted by molar-refractivity contribution is 7.85. The van der Waals surface area contributed by atoms with E-state index in [4.69, 9.17) is 10.00 Å². The number of carbonyl (C=O) groups is 3. The third kappa shape index (κ3) is 8.30. The Balaban J connectivity index is 1.28. The Morgan fingerprint density at radius 1 is 0.939 bits per heavy atom. The number of anilines is 1. The smallest absolute Gasteiger partial charge is 0.294 e. The molecule has 0 saturated carbocycles. The van der Waals surface area contributed by atoms with Gasteiger partial charge in [0.1, 0.15) is 12.4 Å². The highest BCUT2D eigenvalue weighted by Gasteiger charge is 2.33. The summed E-state index contributed by atoms with van der Waals surface area (Å²) < 4.78 is 38.1. The summed E-state index contributed by atoms with van der Waals surface area (Å²) in [6.45, 7) is 1.35. The zero-order valence-corrected chi connectivity index (χ0v) is 26.2. The maximum absolute atomic E-state index is 13.0. The van der Waals surface area contributed by atoms with E-state index in [-0.39, 0.29) is 46.8 Å². The number of nitrogens with one attached hydrogen (secondary N) is 3. The number of hydrogen-bond acceptors (Lipinski definition) is 13. The van der Waals surface area contributed by atoms with Crippen LogP contribution in [0.25, 0.3) is 10.8 Å². The number of aryl methyl sites for hydroxylation is 1. The first-order valence-electron chi connectivity index (χ1n) is 14.2. The molecule has 1 heterocycles. The Labute approximate surface area is 277 Å². The monoisotopic (exact) mass is 683 g/mol. The number of carbonyl (C=O) groups excluding carboxylic acids is 3. The lowest BCUT2D eigenvalue weighted by atomic mass is 10.1. The van der Waals surface area contributed by atoms with Crippen molar-refractivity contribution in [1.82, 2.24) is 10.6 Å². The molecule has 17 nitrogen and oxygen atoms in total. The fourth-order valence-electron chi connectivity index (χ4n) is 4.51. The molecule has 0 atom stereocenters. The van der Waals surface area contributed by atoms with Crippen molar-refractivity contribution in [2.45, 2.75) is 17.9 Å². The second-order valence-corrected chi connectivity index (χ2v) is 11.7. The lowest BCUT2D eigenvalue weighted by Gasteiger charge is -2.18. The number of benzene rings is 4. The van der Waals surface area contributed by atoms with E-state index in [1.807, 2.05) is 0 Å². The van der Waals surface area contributed by atoms with Crippen molar-refractivity contribution in [2.75, 3.05) is 18.5 Å². The zero-order chi connectivity index (χ0) is 35.1. The Morgan fingerprint density at radius 3 is 2.24 bits per heavy atom. The van der Waals surface area contributed by atoms with Crippen LogP contribution >= 0.6 is 0 Å². The molecule has 0 aromatic heterocycles. The molecular weight excluding hydrogens is 658 g/mol. The van der Waals surface area contributed by atoms with Crippen LogP contribution in [-0.4, -0.2) is 61.0 Å². The second kappa shape index (κ2) is 14.6. The quantitative estimate of drug-likeness (QED) is 0.0700. The minimum absolute atomic E-state index is 0.0673. The highest BCUT2D eigenvalue weighted by Crippen LogP contribution is 2.32. The van der Waals surface area contributed by atoms with Gasteiger partial charge in [-0.2, -0.15) is 34.1 Å². The van der Waals surface area contributed by atoms with Crippen molar-refractivity contribution in [3.8, 4) is 11.9 Å². The van der Waals surface area contributed by atoms with Crippen LogP contribution in [0.5, 0.6) is 5.75 Å². The van der Waals surface area contributed by atoms with Gasteiger partial charge in [-0.3, -0.25) is 29.6 Å². The molecule has 1 aliphatic rings. The Bertz CT molecular complexity index is 2190. The van der Waals surface area contributed by atoms with Crippen molar-refractivity contribution >= 4 is 67.3 Å². The predicted molar refractivity (Wildman–Crippen MR) is 174 cm³/mol. The lowest BCUT2D eigenvalue weighted by Crippen LogP contribution is -2.58. The number of azo groups is 2. The molecule has 0 spiro atoms. The molecule has 1 saturated heterocycles. The first-order valence-corrected chi connectivity index (χ1v) is 15.6. The molecule has 0 unspecified atom stereocenters. The van der Waals surface area contributed by atoms with Crippen LogP contribution < -0.4 is 20.7 Å². The van der Waals surface area contributed by atoms with Crippen molar-refractivity contribution in [3.63, 3.8) is 0 Å². The summed E-state index contributed by atoms with van der Waals surface area (Å²) in [6.07, 6.45) is 1.45. The molecule has 18 heteroatoms. The number of aliphatic hydroxyl groups excluding tert-OH is 1. The topological polar surface area (TPSA) is 257 Å². The van der Waals surface area contributed by atoms with Crippen molar-refractivity contribution in [1.29, 1.82) is 5.26 Å². The van der Waals surface area contributed by atoms with Crippen LogP contribution in [0.2, 0.25) is 0 Å². The lowest BCUT2D eigenvalue weighted by molar-refractivity contribution is -0.131. The van der Waals surface area contributed by atoms with Crippen LogP contribution in [0.3, 0.4) is 0 Å². The summed E-state index contributed by atoms with van der Waals surface area (Å²) in [6, 6.07) is 16.7. The third-order valence-electron chi connectivity index (χ3n) is 6.82. The number of amides is 3. The van der Waals surface area contributed by atoms with Gasteiger partial charge in [0.2, 0.25) is 18.2 Å². The van der Waals surface area contributed by atoms with E-state index in [1.54, 1.807) is 37.3 Å². The maximum atomic E-state index is 13.0. The summed E-state index contributed by atoms with van der Waals surface area (Å²) in [4.78, 5) is 40.3. The molecule has 4 aromatic rings. The molecule has 5 N–H and O–H groups in total. The van der Waals surface area contributed by atoms with Gasteiger partial charge in [0.15, 0.2) is 0 Å². The van der Waals surface area contributed by atoms with Crippen molar-refractivity contribution in [3.05, 3.63) is 83.9 Å². The summed E-state index contributed by atoms with van der Waals surface area (Å²) in [7, 11) is -4.36. The van der Waals surface area contributed by atoms with Crippen molar-refractivity contribution in [2.24, 2.45) is 25.4 Å². The minimum atomic E-state index is -4.36. The molecule has 1 fully saturated rings. The number of fused-ring (bicyclic) bond motifs is 1. The van der Waals surface area contributed by atoms with Gasteiger partial charge in [0, 0.05) is 11.6 Å². The number of ether oxygens (including phenoxy) is 1. The molecule has 4 aromatic carbocycles. The van der Waals surface area contributed by atoms with E-state index in [0.717, 1.165) is 5.39 Å². The highest BCUT2D eigenvalue weighted by atomic mass is 32.2. The molecule has 3 amide bonds. The van der Waals surface area contributed by atoms with E-state index >= 15 is 0 Å². The summed E-state index contributed by atoms with van der Waals surface area (Å²) in [5.41, 5.74) is 2.22. The summed E-state index contributed by atoms with van der Waals surface area (Å²) in [5.74, 6) is -2.23. The number of aliphatic imine (C=N–C) groups is 1. The van der Waals surface area contributed by atoms with Crippen molar-refractivity contribution < 1.29 is 37.2 Å². The fourth-order valence-corrected chi connectivity index (χ4v) is 5.11. The third-order valence-corrected chi connectivity index (χ3v) is 7.65. The van der Waals surface area contributed by atoms with E-state index < -0.39 is 33.9 Å². The van der Waals surface area contributed by atoms with Gasteiger partial charge in [0.25, 0.3) is 27.8 Å². The van der Waals surface area contributed by atoms with Crippen LogP contribution in [-0.2, 0) is 19.7 Å². The number of nitriles is 1. The van der Waals surface area contributed by atoms with Gasteiger partial charge in [-0.1, -0.05) is 6.07 Å². The van der Waals surface area contributed by atoms with E-state index in [0.29, 0.717) is 22.3 Å². The van der Waals surface area contributed by atoms with Gasteiger partial charge in [0.05, 0.1) is 34.3 Å². The fraction of sp³-hybridized carbons (Fsp3) is 0.129. The molecule has 248 valence electrons. The molecule has 5 rings (SSSR count). The molecule has 49 heavy (non-hydrogen) atoms. The van der Waals surface area contributed by atoms with E-state index in [2.05, 4.69) is 41.4 Å². The van der Waals surface area contributed by atoms with Crippen LogP contribution in [0.1, 0.15) is 15.9 Å². The summed E-state index contributed by atoms with van der Waals surface area (Å²) >= 11 is 0. The van der Waals surface area contributed by atoms with Crippen LogP contribution in [0, 0.1) is 18.4 Å². The van der Waals surface area contributed by atoms with Crippen LogP contribution in [0.15, 0.2) is 103 Å². The van der Waals surface area contributed by atoms with Gasteiger partial charge in [-0.25, -0.2) is 0 Å². The zero-order valence-electron chi connectivity index (χ0n) is 25.4. The second-order valence-electron chi connectivity index (χ2n) is 10.2. The number of hydrogen-bond donors (Lipinski definition) is 5. The van der Waals surface area contributed by atoms with Gasteiger partial charge in [-0.15, -0.1) is 4.99 Å². The Hall–Kier alpha value is -6.42. The largest absolute Gasteiger partial charge is 0.489 e. The minimum Gasteiger partial charge on any atom is -0.489 e. The number of aliphatic hydroxyl groups is 1. The molecule has 0 bridgehead atoms. The number of rotatable bonds is 10. The molecular formula is C31H25N9O8S. The Kier molecular flexibility index (Phi) is 10.1. The summed E-state index contributed by atoms with van der Waals surface area (Å²) in [5, 5.41) is 42.5. The van der Waals surface area contributed by atoms with Gasteiger partial charge >= 0.3 is 0 Å². The Morgan fingerprint density at radius 2 is 1.59 bits per heavy atom. The SMILES string of the molecule is Cc1cc(S(=O)(=O)O)cc2ccc(N=Nc3ccc(NC(=O)c4ccc(N=NC5C(=O)NC(=NC#N)NC5=O)cc4)c(OCCO)c3)cc12. The molecule has 0 radical (unpaired) electrons. The first-order chi connectivity index (χ1) is 23.4. The van der Waals surface area contributed by atoms with Gasteiger partial charge in [-0.05, 0) is 83.9 Å². The average molecular weight is 684 g/mol. The average Bonchev–Trinajstić information content (AvgIpc) is 3.06. The molecule has 0 aliphatic carbocycles. The predicted octanol–water partition coefficient (Wildman–Crippen LogP) is 3.97. The van der Waals surface area contributed by atoms with Crippen LogP contribution in [0.4, 0.5) is 22.7 Å². The van der Waals surface area contributed by atoms with Gasteiger partial charge < -0.3 is 15.2 Å². The molecule has 1 aliphatic heterocycles. The maximum Gasteiger partial charge on any atom is 0.294 e. The number of nitrogens with zero attached hydrogens (tertiary/aromatic N) is 6. The normalized spacial score (nSPS) is 14.8. The number of guanidine groups is 1. The first kappa shape index (κ1) is 33.9. The standard InChI is InChI=1S/C31H25N9O8S/c1-17-12-23(49(45,46)47)13-19-4-7-21(14-24(17)19)38-39-22-8-9-25(26(15-22)48-11-10-41)34-28(42)18-2-5-20(6-3-18)37-40-27-29(43)35-31(33-16-32)36-30(27)44/h2-9,12-15,27,41H,10-11H2,1H3,(H,34,42)(H,45,46,47)(H2,33,35,36,43,44). The van der Waals surface area contributed by atoms with E-state index in [1.165, 1.54) is 48.7 Å².